The van der Waals surface area contributed by atoms with Crippen LogP contribution in [0.1, 0.15) is 0 Å². The van der Waals surface area contributed by atoms with Crippen LogP contribution in [0, 0.1) is 0 Å². The van der Waals surface area contributed by atoms with Crippen LogP contribution in [0.2, 0.25) is 10.0 Å². The molecule has 0 aliphatic carbocycles. The van der Waals surface area contributed by atoms with Crippen LogP contribution in [-0.2, 0) is 7.05 Å². The molecule has 0 saturated heterocycles. The van der Waals surface area contributed by atoms with Gasteiger partial charge in [0.25, 0.3) is 0 Å². The number of hydrogen-bond acceptors (Lipinski definition) is 3. The van der Waals surface area contributed by atoms with Crippen LogP contribution in [0.5, 0.6) is 0 Å². The number of nitrogens with zero attached hydrogens (tertiary/aromatic N) is 4. The topological polar surface area (TPSA) is 43.6 Å². The maximum atomic E-state index is 6.70. The van der Waals surface area contributed by atoms with Crippen molar-refractivity contribution in [1.29, 1.82) is 0 Å². The van der Waals surface area contributed by atoms with Gasteiger partial charge in [-0.3, -0.25) is 0 Å². The third-order valence-electron chi connectivity index (χ3n) is 3.83. The Bertz CT molecular complexity index is 1040. The summed E-state index contributed by atoms with van der Waals surface area (Å²) in [6, 6.07) is 17.3. The van der Waals surface area contributed by atoms with Gasteiger partial charge in [-0.1, -0.05) is 65.7 Å². The van der Waals surface area contributed by atoms with Gasteiger partial charge in [-0.25, -0.2) is 4.68 Å². The predicted octanol–water partition coefficient (Wildman–Crippen LogP) is 5.00. The van der Waals surface area contributed by atoms with E-state index in [0.29, 0.717) is 21.4 Å². The monoisotopic (exact) mass is 354 g/mol. The first kappa shape index (κ1) is 15.1. The maximum absolute atomic E-state index is 6.70. The van der Waals surface area contributed by atoms with E-state index in [9.17, 15) is 0 Å². The summed E-state index contributed by atoms with van der Waals surface area (Å²) in [5, 5.41) is 15.1. The summed E-state index contributed by atoms with van der Waals surface area (Å²) in [6.07, 6.45) is 0. The molecular formula is C18H12Cl2N4. The van der Waals surface area contributed by atoms with Gasteiger partial charge in [-0.05, 0) is 12.1 Å². The van der Waals surface area contributed by atoms with E-state index in [0.717, 1.165) is 22.2 Å². The SMILES string of the molecule is Cn1nc(-c2cccc(Cl)c2)c2c(Cl)c(-c3ccccc3)nnc21. The van der Waals surface area contributed by atoms with Crippen LogP contribution >= 0.6 is 23.2 Å². The molecule has 0 spiro atoms. The van der Waals surface area contributed by atoms with E-state index in [4.69, 9.17) is 23.2 Å². The first-order chi connectivity index (χ1) is 11.6. The molecule has 0 aliphatic heterocycles. The van der Waals surface area contributed by atoms with Gasteiger partial charge in [0.15, 0.2) is 5.65 Å². The van der Waals surface area contributed by atoms with Gasteiger partial charge in [-0.2, -0.15) is 5.10 Å². The lowest BCUT2D eigenvalue weighted by Gasteiger charge is -2.05. The molecule has 0 bridgehead atoms. The van der Waals surface area contributed by atoms with Crippen molar-refractivity contribution in [2.75, 3.05) is 0 Å². The average molecular weight is 355 g/mol. The van der Waals surface area contributed by atoms with Crippen LogP contribution in [0.4, 0.5) is 0 Å². The minimum atomic E-state index is 0.536. The van der Waals surface area contributed by atoms with E-state index in [2.05, 4.69) is 15.3 Å². The minimum Gasteiger partial charge on any atom is -0.248 e. The molecule has 2 heterocycles. The van der Waals surface area contributed by atoms with E-state index in [1.165, 1.54) is 0 Å². The highest BCUT2D eigenvalue weighted by atomic mass is 35.5. The van der Waals surface area contributed by atoms with Crippen LogP contribution in [0.15, 0.2) is 54.6 Å². The molecular weight excluding hydrogens is 343 g/mol. The summed E-state index contributed by atoms with van der Waals surface area (Å²) in [6.45, 7) is 0. The van der Waals surface area contributed by atoms with Crippen molar-refractivity contribution in [1.82, 2.24) is 20.0 Å². The zero-order valence-electron chi connectivity index (χ0n) is 12.7. The van der Waals surface area contributed by atoms with Crippen LogP contribution < -0.4 is 0 Å². The summed E-state index contributed by atoms with van der Waals surface area (Å²) in [5.41, 5.74) is 3.82. The number of fused-ring (bicyclic) bond motifs is 1. The van der Waals surface area contributed by atoms with Gasteiger partial charge in [0, 0.05) is 23.2 Å². The Labute approximate surface area is 148 Å². The van der Waals surface area contributed by atoms with Gasteiger partial charge < -0.3 is 0 Å². The number of halogens is 2. The number of benzene rings is 2. The summed E-state index contributed by atoms with van der Waals surface area (Å²) < 4.78 is 1.68. The second-order valence-corrected chi connectivity index (χ2v) is 6.22. The normalized spacial score (nSPS) is 11.1. The van der Waals surface area contributed by atoms with E-state index in [-0.39, 0.29) is 0 Å². The van der Waals surface area contributed by atoms with Crippen LogP contribution in [0.3, 0.4) is 0 Å². The summed E-state index contributed by atoms with van der Waals surface area (Å²) in [4.78, 5) is 0. The fourth-order valence-corrected chi connectivity index (χ4v) is 3.22. The molecule has 24 heavy (non-hydrogen) atoms. The highest BCUT2D eigenvalue weighted by molar-refractivity contribution is 6.38. The van der Waals surface area contributed by atoms with Gasteiger partial charge in [0.1, 0.15) is 11.4 Å². The van der Waals surface area contributed by atoms with E-state index < -0.39 is 0 Å². The molecule has 0 N–H and O–H groups in total. The largest absolute Gasteiger partial charge is 0.248 e. The smallest absolute Gasteiger partial charge is 0.182 e. The predicted molar refractivity (Wildman–Crippen MR) is 97.2 cm³/mol. The van der Waals surface area contributed by atoms with Crippen molar-refractivity contribution in [2.24, 2.45) is 7.05 Å². The number of aromatic nitrogens is 4. The van der Waals surface area contributed by atoms with Gasteiger partial charge in [0.2, 0.25) is 0 Å². The molecule has 4 aromatic rings. The lowest BCUT2D eigenvalue weighted by Crippen LogP contribution is -1.95. The fourth-order valence-electron chi connectivity index (χ4n) is 2.71. The van der Waals surface area contributed by atoms with Crippen molar-refractivity contribution in [3.8, 4) is 22.5 Å². The maximum Gasteiger partial charge on any atom is 0.182 e. The highest BCUT2D eigenvalue weighted by Crippen LogP contribution is 2.37. The average Bonchev–Trinajstić information content (AvgIpc) is 2.94. The molecule has 2 aromatic heterocycles. The van der Waals surface area contributed by atoms with Crippen LogP contribution in [-0.4, -0.2) is 20.0 Å². The highest BCUT2D eigenvalue weighted by Gasteiger charge is 2.19. The second-order valence-electron chi connectivity index (χ2n) is 5.41. The Kier molecular flexibility index (Phi) is 3.71. The number of hydrogen-bond donors (Lipinski definition) is 0. The summed E-state index contributed by atoms with van der Waals surface area (Å²) in [5.74, 6) is 0. The Balaban J connectivity index is 2.02. The second kappa shape index (κ2) is 5.89. The molecule has 0 saturated carbocycles. The Morgan fingerprint density at radius 2 is 1.58 bits per heavy atom. The van der Waals surface area contributed by atoms with E-state index in [1.807, 2.05) is 61.6 Å². The van der Waals surface area contributed by atoms with Crippen molar-refractivity contribution < 1.29 is 0 Å². The van der Waals surface area contributed by atoms with E-state index in [1.54, 1.807) is 4.68 Å². The Morgan fingerprint density at radius 1 is 0.833 bits per heavy atom. The number of aryl methyl sites for hydroxylation is 1. The molecule has 4 rings (SSSR count). The van der Waals surface area contributed by atoms with Crippen molar-refractivity contribution in [3.63, 3.8) is 0 Å². The molecule has 0 atom stereocenters. The van der Waals surface area contributed by atoms with Crippen molar-refractivity contribution in [3.05, 3.63) is 64.6 Å². The molecule has 0 aliphatic rings. The first-order valence-corrected chi connectivity index (χ1v) is 8.11. The lowest BCUT2D eigenvalue weighted by atomic mass is 10.1. The van der Waals surface area contributed by atoms with Gasteiger partial charge in [-0.15, -0.1) is 10.2 Å². The zero-order valence-corrected chi connectivity index (χ0v) is 14.3. The summed E-state index contributed by atoms with van der Waals surface area (Å²) in [7, 11) is 1.82. The van der Waals surface area contributed by atoms with Gasteiger partial charge in [0.05, 0.1) is 10.4 Å². The fraction of sp³-hybridized carbons (Fsp3) is 0.0556. The van der Waals surface area contributed by atoms with Crippen LogP contribution in [0.25, 0.3) is 33.5 Å². The molecule has 6 heteroatoms. The Hall–Kier alpha value is -2.43. The molecule has 4 nitrogen and oxygen atoms in total. The first-order valence-electron chi connectivity index (χ1n) is 7.35. The van der Waals surface area contributed by atoms with Gasteiger partial charge >= 0.3 is 0 Å². The number of rotatable bonds is 2. The molecule has 0 fully saturated rings. The third kappa shape index (κ3) is 2.44. The van der Waals surface area contributed by atoms with Crippen molar-refractivity contribution in [2.45, 2.75) is 0 Å². The molecule has 0 radical (unpaired) electrons. The van der Waals surface area contributed by atoms with E-state index >= 15 is 0 Å². The molecule has 0 amide bonds. The minimum absolute atomic E-state index is 0.536. The van der Waals surface area contributed by atoms with Crippen molar-refractivity contribution >= 4 is 34.2 Å². The zero-order chi connectivity index (χ0) is 16.7. The summed E-state index contributed by atoms with van der Waals surface area (Å²) >= 11 is 12.8. The third-order valence-corrected chi connectivity index (χ3v) is 4.44. The lowest BCUT2D eigenvalue weighted by molar-refractivity contribution is 0.781. The quantitative estimate of drug-likeness (QED) is 0.508. The molecule has 2 aromatic carbocycles. The standard InChI is InChI=1S/C18H12Cl2N4/c1-24-18-14(16(23-24)12-8-5-9-13(19)10-12)15(20)17(21-22-18)11-6-3-2-4-7-11/h2-10H,1H3. The Morgan fingerprint density at radius 3 is 2.33 bits per heavy atom. The molecule has 118 valence electrons. The molecule has 0 unspecified atom stereocenters.